The molecule has 2 rings (SSSR count). The van der Waals surface area contributed by atoms with Gasteiger partial charge >= 0.3 is 0 Å². The lowest BCUT2D eigenvalue weighted by Crippen LogP contribution is -2.20. The summed E-state index contributed by atoms with van der Waals surface area (Å²) in [7, 11) is 0. The Morgan fingerprint density at radius 3 is 2.57 bits per heavy atom. The molecule has 0 spiro atoms. The molecule has 0 saturated heterocycles. The zero-order valence-electron chi connectivity index (χ0n) is 8.42. The summed E-state index contributed by atoms with van der Waals surface area (Å²) in [6.07, 6.45) is 6.41. The topological polar surface area (TPSA) is 25.8 Å². The van der Waals surface area contributed by atoms with Crippen molar-refractivity contribution in [1.29, 1.82) is 0 Å². The highest BCUT2D eigenvalue weighted by Crippen LogP contribution is 2.44. The summed E-state index contributed by atoms with van der Waals surface area (Å²) < 4.78 is 0. The van der Waals surface area contributed by atoms with Crippen LogP contribution in [0.25, 0.3) is 0 Å². The van der Waals surface area contributed by atoms with E-state index < -0.39 is 0 Å². The van der Waals surface area contributed by atoms with E-state index in [0.717, 1.165) is 5.01 Å². The van der Waals surface area contributed by atoms with Crippen LogP contribution in [0.2, 0.25) is 0 Å². The zero-order valence-corrected chi connectivity index (χ0v) is 10.00. The van der Waals surface area contributed by atoms with Crippen molar-refractivity contribution in [2.45, 2.75) is 50.3 Å². The average Bonchev–Trinajstić information content (AvgIpc) is 2.87. The van der Waals surface area contributed by atoms with Gasteiger partial charge in [-0.15, -0.1) is 21.8 Å². The van der Waals surface area contributed by atoms with Gasteiger partial charge in [-0.2, -0.15) is 0 Å². The number of halogens is 1. The minimum atomic E-state index is 0.335. The molecule has 1 heterocycles. The lowest BCUT2D eigenvalue weighted by Gasteiger charge is -2.23. The number of nitrogens with zero attached hydrogens (tertiary/aromatic N) is 2. The fourth-order valence-electron chi connectivity index (χ4n) is 2.29. The quantitative estimate of drug-likeness (QED) is 0.743. The van der Waals surface area contributed by atoms with Gasteiger partial charge in [0.1, 0.15) is 10.0 Å². The standard InChI is InChI=1S/C10H15ClN2S/c1-2-10(5-3-4-6-10)9-13-12-8(7-11)14-9/h2-7H2,1H3. The van der Waals surface area contributed by atoms with Gasteiger partial charge in [-0.1, -0.05) is 31.1 Å². The number of alkyl halides is 1. The smallest absolute Gasteiger partial charge is 0.132 e. The monoisotopic (exact) mass is 230 g/mol. The fourth-order valence-corrected chi connectivity index (χ4v) is 3.52. The first kappa shape index (κ1) is 10.4. The molecular formula is C10H15ClN2S. The third kappa shape index (κ3) is 1.68. The summed E-state index contributed by atoms with van der Waals surface area (Å²) >= 11 is 7.44. The van der Waals surface area contributed by atoms with E-state index in [2.05, 4.69) is 17.1 Å². The summed E-state index contributed by atoms with van der Waals surface area (Å²) in [5, 5.41) is 10.6. The number of aromatic nitrogens is 2. The van der Waals surface area contributed by atoms with E-state index in [1.54, 1.807) is 11.3 Å². The Kier molecular flexibility index (Phi) is 3.07. The van der Waals surface area contributed by atoms with E-state index in [1.165, 1.54) is 37.1 Å². The van der Waals surface area contributed by atoms with Crippen molar-refractivity contribution < 1.29 is 0 Å². The Morgan fingerprint density at radius 1 is 1.36 bits per heavy atom. The molecule has 1 aromatic heterocycles. The van der Waals surface area contributed by atoms with Crippen LogP contribution >= 0.6 is 22.9 Å². The Bertz CT molecular complexity index is 305. The van der Waals surface area contributed by atoms with Gasteiger partial charge in [0, 0.05) is 5.41 Å². The molecule has 0 N–H and O–H groups in total. The molecule has 1 aliphatic rings. The highest BCUT2D eigenvalue weighted by Gasteiger charge is 2.36. The molecule has 1 fully saturated rings. The number of hydrogen-bond acceptors (Lipinski definition) is 3. The molecule has 0 atom stereocenters. The van der Waals surface area contributed by atoms with Crippen molar-refractivity contribution >= 4 is 22.9 Å². The summed E-state index contributed by atoms with van der Waals surface area (Å²) in [5.41, 5.74) is 0.335. The minimum Gasteiger partial charge on any atom is -0.143 e. The summed E-state index contributed by atoms with van der Waals surface area (Å²) in [6, 6.07) is 0. The molecule has 4 heteroatoms. The molecule has 1 aliphatic carbocycles. The van der Waals surface area contributed by atoms with Crippen LogP contribution in [0.5, 0.6) is 0 Å². The molecule has 0 radical (unpaired) electrons. The predicted octanol–water partition coefficient (Wildman–Crippen LogP) is 3.50. The second-order valence-electron chi connectivity index (χ2n) is 3.98. The normalized spacial score (nSPS) is 20.1. The first-order valence-electron chi connectivity index (χ1n) is 5.19. The van der Waals surface area contributed by atoms with E-state index in [9.17, 15) is 0 Å². The SMILES string of the molecule is CCC1(c2nnc(CCl)s2)CCCC1. The Labute approximate surface area is 93.7 Å². The lowest BCUT2D eigenvalue weighted by molar-refractivity contribution is 0.419. The molecule has 1 aromatic rings. The largest absolute Gasteiger partial charge is 0.143 e. The lowest BCUT2D eigenvalue weighted by atomic mass is 9.84. The molecule has 14 heavy (non-hydrogen) atoms. The maximum atomic E-state index is 5.74. The molecule has 78 valence electrons. The molecule has 0 aliphatic heterocycles. The Morgan fingerprint density at radius 2 is 2.07 bits per heavy atom. The van der Waals surface area contributed by atoms with Crippen molar-refractivity contribution in [3.05, 3.63) is 10.0 Å². The molecular weight excluding hydrogens is 216 g/mol. The van der Waals surface area contributed by atoms with E-state index in [-0.39, 0.29) is 0 Å². The van der Waals surface area contributed by atoms with Crippen molar-refractivity contribution in [1.82, 2.24) is 10.2 Å². The summed E-state index contributed by atoms with van der Waals surface area (Å²) in [4.78, 5) is 0. The van der Waals surface area contributed by atoms with Crippen LogP contribution in [0.3, 0.4) is 0 Å². The van der Waals surface area contributed by atoms with E-state index in [1.807, 2.05) is 0 Å². The third-order valence-corrected chi connectivity index (χ3v) is 4.85. The van der Waals surface area contributed by atoms with E-state index >= 15 is 0 Å². The second-order valence-corrected chi connectivity index (χ2v) is 5.30. The van der Waals surface area contributed by atoms with Gasteiger partial charge in [-0.25, -0.2) is 0 Å². The van der Waals surface area contributed by atoms with E-state index in [0.29, 0.717) is 11.3 Å². The van der Waals surface area contributed by atoms with Gasteiger partial charge in [0.05, 0.1) is 5.88 Å². The predicted molar refractivity (Wildman–Crippen MR) is 59.9 cm³/mol. The maximum absolute atomic E-state index is 5.74. The van der Waals surface area contributed by atoms with Crippen LogP contribution in [-0.2, 0) is 11.3 Å². The van der Waals surface area contributed by atoms with Crippen molar-refractivity contribution in [2.24, 2.45) is 0 Å². The maximum Gasteiger partial charge on any atom is 0.132 e. The van der Waals surface area contributed by atoms with Crippen molar-refractivity contribution in [2.75, 3.05) is 0 Å². The molecule has 0 amide bonds. The molecule has 2 nitrogen and oxygen atoms in total. The highest BCUT2D eigenvalue weighted by molar-refractivity contribution is 7.11. The molecule has 0 unspecified atom stereocenters. The molecule has 1 saturated carbocycles. The second kappa shape index (κ2) is 4.15. The molecule has 0 aromatic carbocycles. The minimum absolute atomic E-state index is 0.335. The fraction of sp³-hybridized carbons (Fsp3) is 0.800. The first-order valence-corrected chi connectivity index (χ1v) is 6.55. The van der Waals surface area contributed by atoms with Gasteiger partial charge in [0.25, 0.3) is 0 Å². The number of rotatable bonds is 3. The van der Waals surface area contributed by atoms with Crippen LogP contribution in [-0.4, -0.2) is 10.2 Å². The van der Waals surface area contributed by atoms with Gasteiger partial charge in [-0.3, -0.25) is 0 Å². The van der Waals surface area contributed by atoms with Gasteiger partial charge in [-0.05, 0) is 19.3 Å². The average molecular weight is 231 g/mol. The van der Waals surface area contributed by atoms with Crippen molar-refractivity contribution in [3.8, 4) is 0 Å². The van der Waals surface area contributed by atoms with E-state index in [4.69, 9.17) is 11.6 Å². The summed E-state index contributed by atoms with van der Waals surface area (Å²) in [5.74, 6) is 0.497. The molecule has 0 bridgehead atoms. The highest BCUT2D eigenvalue weighted by atomic mass is 35.5. The number of hydrogen-bond donors (Lipinski definition) is 0. The van der Waals surface area contributed by atoms with Crippen molar-refractivity contribution in [3.63, 3.8) is 0 Å². The van der Waals surface area contributed by atoms with Gasteiger partial charge in [0.15, 0.2) is 0 Å². The van der Waals surface area contributed by atoms with Crippen LogP contribution in [0.4, 0.5) is 0 Å². The van der Waals surface area contributed by atoms with Gasteiger partial charge < -0.3 is 0 Å². The Hall–Kier alpha value is -0.150. The zero-order chi connectivity index (χ0) is 10.0. The third-order valence-electron chi connectivity index (χ3n) is 3.27. The van der Waals surface area contributed by atoms with Crippen LogP contribution in [0.1, 0.15) is 49.0 Å². The summed E-state index contributed by atoms with van der Waals surface area (Å²) in [6.45, 7) is 2.26. The Balaban J connectivity index is 2.26. The van der Waals surface area contributed by atoms with Crippen LogP contribution in [0.15, 0.2) is 0 Å². The van der Waals surface area contributed by atoms with Gasteiger partial charge in [0.2, 0.25) is 0 Å². The first-order chi connectivity index (χ1) is 6.80. The van der Waals surface area contributed by atoms with Crippen LogP contribution in [0, 0.1) is 0 Å². The van der Waals surface area contributed by atoms with Crippen LogP contribution < -0.4 is 0 Å².